The lowest BCUT2D eigenvalue weighted by Crippen LogP contribution is -2.19. The maximum absolute atomic E-state index is 5.75. The fourth-order valence-corrected chi connectivity index (χ4v) is 3.10. The molecule has 2 rings (SSSR count). The van der Waals surface area contributed by atoms with Gasteiger partial charge in [0.1, 0.15) is 11.9 Å². The van der Waals surface area contributed by atoms with Crippen molar-refractivity contribution in [1.82, 2.24) is 9.97 Å². The smallest absolute Gasteiger partial charge is 0.160 e. The van der Waals surface area contributed by atoms with Gasteiger partial charge in [-0.3, -0.25) is 0 Å². The average molecular weight is 268 g/mol. The molecule has 0 bridgehead atoms. The molecule has 1 atom stereocenters. The first-order chi connectivity index (χ1) is 8.67. The molecular weight excluding hydrogens is 248 g/mol. The van der Waals surface area contributed by atoms with Crippen molar-refractivity contribution in [2.45, 2.75) is 38.4 Å². The number of thioether (sulfide) groups is 1. The highest BCUT2D eigenvalue weighted by atomic mass is 32.2. The molecule has 0 saturated heterocycles. The molecule has 1 aromatic heterocycles. The topological polar surface area (TPSA) is 73.1 Å². The van der Waals surface area contributed by atoms with Gasteiger partial charge in [0.05, 0.1) is 5.69 Å². The molecule has 6 heteroatoms. The Morgan fingerprint density at radius 2 is 2.17 bits per heavy atom. The Morgan fingerprint density at radius 3 is 2.78 bits per heavy atom. The van der Waals surface area contributed by atoms with E-state index in [9.17, 15) is 0 Å². The highest BCUT2D eigenvalue weighted by Gasteiger charge is 2.25. The summed E-state index contributed by atoms with van der Waals surface area (Å²) in [4.78, 5) is 9.17. The number of hydrogen-bond acceptors (Lipinski definition) is 6. The number of anilines is 1. The standard InChI is InChI=1S/C12H20N4OS/c1-4-17-10(7(2)3)12-14-9-6-18-5-8(9)11(15-12)16-13/h7,10H,4-6,13H2,1-3H3,(H,14,15,16). The van der Waals surface area contributed by atoms with Crippen LogP contribution in [0.5, 0.6) is 0 Å². The van der Waals surface area contributed by atoms with Crippen LogP contribution in [0.3, 0.4) is 0 Å². The van der Waals surface area contributed by atoms with Gasteiger partial charge in [0.2, 0.25) is 0 Å². The third-order valence-corrected chi connectivity index (χ3v) is 3.91. The monoisotopic (exact) mass is 268 g/mol. The third-order valence-electron chi connectivity index (χ3n) is 2.94. The molecule has 3 N–H and O–H groups in total. The molecule has 1 aliphatic rings. The molecule has 1 unspecified atom stereocenters. The number of hydrazine groups is 1. The Morgan fingerprint density at radius 1 is 1.39 bits per heavy atom. The number of nitrogens with one attached hydrogen (secondary N) is 1. The average Bonchev–Trinajstić information content (AvgIpc) is 2.82. The molecule has 0 radical (unpaired) electrons. The highest BCUT2D eigenvalue weighted by molar-refractivity contribution is 7.98. The number of nitrogens with two attached hydrogens (primary N) is 1. The molecule has 0 aliphatic carbocycles. The molecular formula is C12H20N4OS. The van der Waals surface area contributed by atoms with Crippen molar-refractivity contribution in [2.24, 2.45) is 11.8 Å². The van der Waals surface area contributed by atoms with Gasteiger partial charge < -0.3 is 10.2 Å². The summed E-state index contributed by atoms with van der Waals surface area (Å²) in [6.07, 6.45) is -0.0713. The molecule has 2 heterocycles. The lowest BCUT2D eigenvalue weighted by Gasteiger charge is -2.20. The minimum Gasteiger partial charge on any atom is -0.370 e. The molecule has 0 spiro atoms. The number of aromatic nitrogens is 2. The van der Waals surface area contributed by atoms with Gasteiger partial charge in [0.25, 0.3) is 0 Å². The van der Waals surface area contributed by atoms with Crippen molar-refractivity contribution in [1.29, 1.82) is 0 Å². The zero-order valence-electron chi connectivity index (χ0n) is 11.1. The van der Waals surface area contributed by atoms with Crippen molar-refractivity contribution in [2.75, 3.05) is 12.0 Å². The molecule has 1 aromatic rings. The quantitative estimate of drug-likeness (QED) is 0.630. The maximum atomic E-state index is 5.75. The van der Waals surface area contributed by atoms with Gasteiger partial charge >= 0.3 is 0 Å². The summed E-state index contributed by atoms with van der Waals surface area (Å²) in [5.74, 6) is 9.22. The summed E-state index contributed by atoms with van der Waals surface area (Å²) in [6.45, 7) is 6.87. The number of hydrogen-bond donors (Lipinski definition) is 2. The second-order valence-electron chi connectivity index (χ2n) is 4.61. The second-order valence-corrected chi connectivity index (χ2v) is 5.60. The van der Waals surface area contributed by atoms with E-state index < -0.39 is 0 Å². The third kappa shape index (κ3) is 2.60. The van der Waals surface area contributed by atoms with Crippen molar-refractivity contribution >= 4 is 17.6 Å². The van der Waals surface area contributed by atoms with Crippen LogP contribution in [0, 0.1) is 5.92 Å². The Bertz CT molecular complexity index is 425. The van der Waals surface area contributed by atoms with Gasteiger partial charge in [0, 0.05) is 23.7 Å². The summed E-state index contributed by atoms with van der Waals surface area (Å²) in [7, 11) is 0. The number of fused-ring (bicyclic) bond motifs is 1. The van der Waals surface area contributed by atoms with Gasteiger partial charge in [-0.1, -0.05) is 13.8 Å². The minimum absolute atomic E-state index is 0.0713. The predicted molar refractivity (Wildman–Crippen MR) is 74.0 cm³/mol. The Labute approximate surface area is 112 Å². The second kappa shape index (κ2) is 5.86. The minimum atomic E-state index is -0.0713. The first-order valence-electron chi connectivity index (χ1n) is 6.23. The fourth-order valence-electron chi connectivity index (χ4n) is 2.06. The fraction of sp³-hybridized carbons (Fsp3) is 0.667. The lowest BCUT2D eigenvalue weighted by molar-refractivity contribution is 0.0231. The summed E-state index contributed by atoms with van der Waals surface area (Å²) < 4.78 is 5.75. The summed E-state index contributed by atoms with van der Waals surface area (Å²) in [6, 6.07) is 0. The van der Waals surface area contributed by atoms with Crippen LogP contribution in [-0.4, -0.2) is 16.6 Å². The number of ether oxygens (including phenoxy) is 1. The van der Waals surface area contributed by atoms with Gasteiger partial charge in [-0.2, -0.15) is 11.8 Å². The zero-order chi connectivity index (χ0) is 13.1. The van der Waals surface area contributed by atoms with Crippen LogP contribution >= 0.6 is 11.8 Å². The van der Waals surface area contributed by atoms with E-state index in [1.54, 1.807) is 0 Å². The molecule has 0 amide bonds. The van der Waals surface area contributed by atoms with E-state index in [1.165, 1.54) is 0 Å². The Kier molecular flexibility index (Phi) is 4.42. The first-order valence-corrected chi connectivity index (χ1v) is 7.38. The summed E-state index contributed by atoms with van der Waals surface area (Å²) in [5, 5.41) is 0. The predicted octanol–water partition coefficient (Wildman–Crippen LogP) is 2.24. The van der Waals surface area contributed by atoms with Crippen LogP contribution < -0.4 is 11.3 Å². The molecule has 0 saturated carbocycles. The van der Waals surface area contributed by atoms with Crippen LogP contribution in [0.15, 0.2) is 0 Å². The molecule has 0 aromatic carbocycles. The van der Waals surface area contributed by atoms with Crippen LogP contribution in [0.4, 0.5) is 5.82 Å². The van der Waals surface area contributed by atoms with E-state index in [4.69, 9.17) is 10.6 Å². The summed E-state index contributed by atoms with van der Waals surface area (Å²) >= 11 is 1.84. The van der Waals surface area contributed by atoms with Crippen molar-refractivity contribution in [3.8, 4) is 0 Å². The van der Waals surface area contributed by atoms with Gasteiger partial charge in [-0.15, -0.1) is 0 Å². The van der Waals surface area contributed by atoms with E-state index in [0.29, 0.717) is 12.5 Å². The molecule has 18 heavy (non-hydrogen) atoms. The van der Waals surface area contributed by atoms with Crippen LogP contribution in [-0.2, 0) is 16.2 Å². The number of rotatable bonds is 5. The highest BCUT2D eigenvalue weighted by Crippen LogP contribution is 2.34. The van der Waals surface area contributed by atoms with E-state index >= 15 is 0 Å². The summed E-state index contributed by atoms with van der Waals surface area (Å²) in [5.41, 5.74) is 4.90. The van der Waals surface area contributed by atoms with E-state index in [0.717, 1.165) is 34.4 Å². The largest absolute Gasteiger partial charge is 0.370 e. The molecule has 1 aliphatic heterocycles. The lowest BCUT2D eigenvalue weighted by atomic mass is 10.1. The van der Waals surface area contributed by atoms with Crippen LogP contribution in [0.1, 0.15) is 44.0 Å². The van der Waals surface area contributed by atoms with E-state index in [2.05, 4.69) is 29.2 Å². The van der Waals surface area contributed by atoms with Crippen molar-refractivity contribution in [3.05, 3.63) is 17.1 Å². The van der Waals surface area contributed by atoms with Gasteiger partial charge in [-0.25, -0.2) is 15.8 Å². The van der Waals surface area contributed by atoms with Crippen LogP contribution in [0.2, 0.25) is 0 Å². The zero-order valence-corrected chi connectivity index (χ0v) is 11.9. The van der Waals surface area contributed by atoms with E-state index in [-0.39, 0.29) is 6.10 Å². The Balaban J connectivity index is 2.38. The molecule has 5 nitrogen and oxygen atoms in total. The number of nitrogens with zero attached hydrogens (tertiary/aromatic N) is 2. The van der Waals surface area contributed by atoms with Crippen molar-refractivity contribution in [3.63, 3.8) is 0 Å². The van der Waals surface area contributed by atoms with Crippen molar-refractivity contribution < 1.29 is 4.74 Å². The molecule has 0 fully saturated rings. The first kappa shape index (κ1) is 13.6. The Hall–Kier alpha value is -0.850. The van der Waals surface area contributed by atoms with E-state index in [1.807, 2.05) is 18.7 Å². The normalized spacial score (nSPS) is 15.8. The van der Waals surface area contributed by atoms with Gasteiger partial charge in [0.15, 0.2) is 5.82 Å². The number of nitrogen functional groups attached to an aromatic ring is 1. The molecule has 100 valence electrons. The van der Waals surface area contributed by atoms with Gasteiger partial charge in [-0.05, 0) is 12.8 Å². The maximum Gasteiger partial charge on any atom is 0.160 e. The van der Waals surface area contributed by atoms with Crippen LogP contribution in [0.25, 0.3) is 0 Å². The SMILES string of the molecule is CCOC(c1nc2c(c(NN)n1)CSC2)C(C)C.